The average Bonchev–Trinajstić information content (AvgIpc) is 3.11. The van der Waals surface area contributed by atoms with Crippen molar-refractivity contribution in [2.75, 3.05) is 0 Å². The van der Waals surface area contributed by atoms with Crippen molar-refractivity contribution in [2.45, 2.75) is 44.6 Å². The predicted octanol–water partition coefficient (Wildman–Crippen LogP) is 3.88. The fraction of sp³-hybridized carbons (Fsp3) is 0.467. The molecule has 4 heteroatoms. The lowest BCUT2D eigenvalue weighted by Gasteiger charge is -2.21. The highest BCUT2D eigenvalue weighted by Crippen LogP contribution is 2.27. The molecule has 0 unspecified atom stereocenters. The summed E-state index contributed by atoms with van der Waals surface area (Å²) in [7, 11) is 0. The van der Waals surface area contributed by atoms with E-state index in [0.29, 0.717) is 12.5 Å². The fourth-order valence-corrected chi connectivity index (χ4v) is 3.37. The number of hydrogen-bond donors (Lipinski definition) is 0. The summed E-state index contributed by atoms with van der Waals surface area (Å²) in [6.45, 7) is 0. The van der Waals surface area contributed by atoms with E-state index >= 15 is 0 Å². The van der Waals surface area contributed by atoms with Crippen molar-refractivity contribution >= 4 is 17.1 Å². The highest BCUT2D eigenvalue weighted by atomic mass is 32.1. The topological polar surface area (TPSA) is 34.9 Å². The van der Waals surface area contributed by atoms with Gasteiger partial charge in [0.15, 0.2) is 5.78 Å². The van der Waals surface area contributed by atoms with Gasteiger partial charge in [0.05, 0.1) is 18.2 Å². The van der Waals surface area contributed by atoms with Crippen LogP contribution < -0.4 is 0 Å². The SMILES string of the molecule is O=C(Cc1ccn(C2CCCCC2)n1)c1ccsc1. The molecule has 0 N–H and O–H groups in total. The van der Waals surface area contributed by atoms with Gasteiger partial charge in [-0.05, 0) is 30.4 Å². The van der Waals surface area contributed by atoms with Gasteiger partial charge in [-0.25, -0.2) is 0 Å². The molecule has 1 fully saturated rings. The minimum atomic E-state index is 0.162. The van der Waals surface area contributed by atoms with Gasteiger partial charge in [0, 0.05) is 17.1 Å². The van der Waals surface area contributed by atoms with E-state index in [1.54, 1.807) is 11.3 Å². The molecule has 19 heavy (non-hydrogen) atoms. The van der Waals surface area contributed by atoms with E-state index in [9.17, 15) is 4.79 Å². The maximum atomic E-state index is 12.0. The maximum Gasteiger partial charge on any atom is 0.169 e. The molecule has 2 aromatic heterocycles. The summed E-state index contributed by atoms with van der Waals surface area (Å²) < 4.78 is 2.06. The smallest absolute Gasteiger partial charge is 0.169 e. The van der Waals surface area contributed by atoms with Crippen LogP contribution in [0.15, 0.2) is 29.1 Å². The molecular weight excluding hydrogens is 256 g/mol. The van der Waals surface area contributed by atoms with E-state index < -0.39 is 0 Å². The van der Waals surface area contributed by atoms with Gasteiger partial charge in [-0.2, -0.15) is 16.4 Å². The molecule has 0 saturated heterocycles. The number of ketones is 1. The number of rotatable bonds is 4. The molecule has 3 nitrogen and oxygen atoms in total. The van der Waals surface area contributed by atoms with Crippen molar-refractivity contribution in [3.05, 3.63) is 40.3 Å². The summed E-state index contributed by atoms with van der Waals surface area (Å²) in [5, 5.41) is 8.42. The standard InChI is InChI=1S/C15H18N2OS/c18-15(12-7-9-19-11-12)10-13-6-8-17(16-13)14-4-2-1-3-5-14/h6-9,11,14H,1-5,10H2. The van der Waals surface area contributed by atoms with E-state index in [0.717, 1.165) is 11.3 Å². The first-order valence-corrected chi connectivity index (χ1v) is 7.86. The number of carbonyl (C=O) groups is 1. The molecule has 0 radical (unpaired) electrons. The first-order chi connectivity index (χ1) is 9.33. The third-order valence-electron chi connectivity index (χ3n) is 3.80. The number of thiophene rings is 1. The average molecular weight is 274 g/mol. The molecule has 2 heterocycles. The first kappa shape index (κ1) is 12.6. The fourth-order valence-electron chi connectivity index (χ4n) is 2.71. The molecule has 0 spiro atoms. The van der Waals surface area contributed by atoms with Crippen LogP contribution in [0.2, 0.25) is 0 Å². The molecule has 3 rings (SSSR count). The van der Waals surface area contributed by atoms with E-state index in [2.05, 4.69) is 9.78 Å². The molecule has 0 aliphatic heterocycles. The van der Waals surface area contributed by atoms with Gasteiger partial charge >= 0.3 is 0 Å². The highest BCUT2D eigenvalue weighted by molar-refractivity contribution is 7.08. The van der Waals surface area contributed by atoms with E-state index in [1.165, 1.54) is 32.1 Å². The van der Waals surface area contributed by atoms with Gasteiger partial charge in [0.2, 0.25) is 0 Å². The van der Waals surface area contributed by atoms with Crippen LogP contribution in [-0.2, 0) is 6.42 Å². The summed E-state index contributed by atoms with van der Waals surface area (Å²) in [6.07, 6.45) is 8.84. The van der Waals surface area contributed by atoms with Gasteiger partial charge in [0.1, 0.15) is 0 Å². The molecule has 0 bridgehead atoms. The van der Waals surface area contributed by atoms with Gasteiger partial charge in [-0.1, -0.05) is 19.3 Å². The van der Waals surface area contributed by atoms with Crippen molar-refractivity contribution in [2.24, 2.45) is 0 Å². The van der Waals surface area contributed by atoms with Crippen LogP contribution in [0.5, 0.6) is 0 Å². The molecule has 1 aliphatic carbocycles. The Bertz CT molecular complexity index is 538. The summed E-state index contributed by atoms with van der Waals surface area (Å²) in [5.74, 6) is 0.162. The van der Waals surface area contributed by atoms with E-state index in [1.807, 2.05) is 29.1 Å². The zero-order valence-electron chi connectivity index (χ0n) is 10.9. The van der Waals surface area contributed by atoms with Crippen LogP contribution >= 0.6 is 11.3 Å². The first-order valence-electron chi connectivity index (χ1n) is 6.92. The van der Waals surface area contributed by atoms with Crippen LogP contribution in [0.3, 0.4) is 0 Å². The highest BCUT2D eigenvalue weighted by Gasteiger charge is 2.17. The summed E-state index contributed by atoms with van der Waals surface area (Å²) in [5.41, 5.74) is 1.69. The Morgan fingerprint density at radius 3 is 2.89 bits per heavy atom. The third kappa shape index (κ3) is 2.95. The second-order valence-electron chi connectivity index (χ2n) is 5.19. The number of nitrogens with zero attached hydrogens (tertiary/aromatic N) is 2. The largest absolute Gasteiger partial charge is 0.294 e. The lowest BCUT2D eigenvalue weighted by molar-refractivity contribution is 0.0992. The monoisotopic (exact) mass is 274 g/mol. The summed E-state index contributed by atoms with van der Waals surface area (Å²) in [4.78, 5) is 12.0. The Labute approximate surface area is 117 Å². The van der Waals surface area contributed by atoms with Crippen LogP contribution in [0.25, 0.3) is 0 Å². The summed E-state index contributed by atoms with van der Waals surface area (Å²) >= 11 is 1.56. The Balaban J connectivity index is 1.66. The normalized spacial score (nSPS) is 16.6. The van der Waals surface area contributed by atoms with Gasteiger partial charge in [-0.15, -0.1) is 0 Å². The number of Topliss-reactive ketones (excluding diaryl/α,β-unsaturated/α-hetero) is 1. The molecule has 1 saturated carbocycles. The van der Waals surface area contributed by atoms with Crippen LogP contribution in [0.4, 0.5) is 0 Å². The Morgan fingerprint density at radius 1 is 1.32 bits per heavy atom. The van der Waals surface area contributed by atoms with Crippen LogP contribution in [-0.4, -0.2) is 15.6 Å². The molecule has 2 aromatic rings. The van der Waals surface area contributed by atoms with Crippen molar-refractivity contribution < 1.29 is 4.79 Å². The van der Waals surface area contributed by atoms with Crippen LogP contribution in [0, 0.1) is 0 Å². The number of hydrogen-bond acceptors (Lipinski definition) is 3. The number of aromatic nitrogens is 2. The Hall–Kier alpha value is -1.42. The van der Waals surface area contributed by atoms with Crippen molar-refractivity contribution in [3.63, 3.8) is 0 Å². The second kappa shape index (κ2) is 5.70. The third-order valence-corrected chi connectivity index (χ3v) is 4.48. The lowest BCUT2D eigenvalue weighted by atomic mass is 9.96. The molecular formula is C15H18N2OS. The number of carbonyl (C=O) groups excluding carboxylic acids is 1. The second-order valence-corrected chi connectivity index (χ2v) is 5.97. The summed E-state index contributed by atoms with van der Waals surface area (Å²) in [6, 6.07) is 4.41. The molecule has 0 aromatic carbocycles. The maximum absolute atomic E-state index is 12.0. The van der Waals surface area contributed by atoms with Crippen molar-refractivity contribution in [1.82, 2.24) is 9.78 Å². The van der Waals surface area contributed by atoms with E-state index in [4.69, 9.17) is 0 Å². The molecule has 100 valence electrons. The van der Waals surface area contributed by atoms with Gasteiger partial charge in [0.25, 0.3) is 0 Å². The minimum absolute atomic E-state index is 0.162. The quantitative estimate of drug-likeness (QED) is 0.793. The van der Waals surface area contributed by atoms with Crippen molar-refractivity contribution in [3.8, 4) is 0 Å². The van der Waals surface area contributed by atoms with Crippen LogP contribution in [0.1, 0.15) is 54.2 Å². The van der Waals surface area contributed by atoms with E-state index in [-0.39, 0.29) is 5.78 Å². The zero-order chi connectivity index (χ0) is 13.1. The van der Waals surface area contributed by atoms with Crippen molar-refractivity contribution in [1.29, 1.82) is 0 Å². The minimum Gasteiger partial charge on any atom is -0.294 e. The van der Waals surface area contributed by atoms with Gasteiger partial charge in [-0.3, -0.25) is 9.48 Å². The Morgan fingerprint density at radius 2 is 2.16 bits per heavy atom. The Kier molecular flexibility index (Phi) is 3.78. The predicted molar refractivity (Wildman–Crippen MR) is 76.7 cm³/mol. The molecule has 0 atom stereocenters. The zero-order valence-corrected chi connectivity index (χ0v) is 11.7. The molecule has 1 aliphatic rings. The molecule has 0 amide bonds. The van der Waals surface area contributed by atoms with Gasteiger partial charge < -0.3 is 0 Å². The lowest BCUT2D eigenvalue weighted by Crippen LogP contribution is -2.14.